The number of carbonyl (C=O) groups excluding carboxylic acids is 1. The van der Waals surface area contributed by atoms with Crippen LogP contribution < -0.4 is 14.8 Å². The van der Waals surface area contributed by atoms with Crippen LogP contribution >= 0.6 is 11.6 Å². The molecule has 6 heteroatoms. The van der Waals surface area contributed by atoms with E-state index in [-0.39, 0.29) is 12.7 Å². The molecule has 2 heterocycles. The van der Waals surface area contributed by atoms with Crippen molar-refractivity contribution in [2.45, 2.75) is 13.3 Å². The Labute approximate surface area is 197 Å². The standard InChI is InChI=1S/C27H23ClN2O3/c1-18-23(27(31)29-14-13-19-5-3-2-4-6-19)16-24(20-7-9-21(28)10-8-20)30(18)22-11-12-25-26(15-22)33-17-32-25/h2-12,15-16H,13-14,17H2,1H3,(H,29,31). The molecule has 1 amide bonds. The Bertz CT molecular complexity index is 1300. The van der Waals surface area contributed by atoms with E-state index in [1.807, 2.05) is 73.7 Å². The van der Waals surface area contributed by atoms with Crippen LogP contribution in [0.2, 0.25) is 5.02 Å². The molecular formula is C27H23ClN2O3. The van der Waals surface area contributed by atoms with Crippen molar-refractivity contribution in [2.75, 3.05) is 13.3 Å². The molecule has 0 unspecified atom stereocenters. The molecule has 4 aromatic rings. The van der Waals surface area contributed by atoms with Crippen molar-refractivity contribution in [3.05, 3.63) is 101 Å². The third-order valence-corrected chi connectivity index (χ3v) is 6.04. The van der Waals surface area contributed by atoms with E-state index in [0.29, 0.717) is 22.9 Å². The second-order valence-electron chi connectivity index (χ2n) is 7.90. The fourth-order valence-corrected chi connectivity index (χ4v) is 4.21. The Morgan fingerprint density at radius 1 is 0.970 bits per heavy atom. The van der Waals surface area contributed by atoms with Gasteiger partial charge in [0.1, 0.15) is 0 Å². The van der Waals surface area contributed by atoms with E-state index in [1.54, 1.807) is 0 Å². The summed E-state index contributed by atoms with van der Waals surface area (Å²) in [6, 6.07) is 25.5. The zero-order valence-corrected chi connectivity index (χ0v) is 18.9. The number of hydrogen-bond donors (Lipinski definition) is 1. The van der Waals surface area contributed by atoms with E-state index in [0.717, 1.165) is 34.8 Å². The minimum atomic E-state index is -0.0989. The van der Waals surface area contributed by atoms with Crippen LogP contribution in [0.1, 0.15) is 21.6 Å². The van der Waals surface area contributed by atoms with Crippen molar-refractivity contribution in [3.63, 3.8) is 0 Å². The van der Waals surface area contributed by atoms with E-state index in [1.165, 1.54) is 5.56 Å². The average molecular weight is 459 g/mol. The minimum absolute atomic E-state index is 0.0989. The number of amides is 1. The van der Waals surface area contributed by atoms with Crippen LogP contribution in [0.15, 0.2) is 78.9 Å². The maximum absolute atomic E-state index is 13.1. The molecule has 5 rings (SSSR count). The summed E-state index contributed by atoms with van der Waals surface area (Å²) in [6.07, 6.45) is 0.776. The van der Waals surface area contributed by atoms with Gasteiger partial charge in [0.25, 0.3) is 5.91 Å². The van der Waals surface area contributed by atoms with E-state index in [2.05, 4.69) is 22.0 Å². The highest BCUT2D eigenvalue weighted by molar-refractivity contribution is 6.30. The largest absolute Gasteiger partial charge is 0.454 e. The highest BCUT2D eigenvalue weighted by Gasteiger charge is 2.21. The van der Waals surface area contributed by atoms with Gasteiger partial charge in [0.05, 0.1) is 11.3 Å². The first-order chi connectivity index (χ1) is 16.1. The van der Waals surface area contributed by atoms with Crippen LogP contribution in [-0.4, -0.2) is 23.8 Å². The van der Waals surface area contributed by atoms with Gasteiger partial charge in [0, 0.05) is 29.0 Å². The number of benzene rings is 3. The van der Waals surface area contributed by atoms with E-state index < -0.39 is 0 Å². The molecule has 0 aliphatic carbocycles. The van der Waals surface area contributed by atoms with Gasteiger partial charge in [-0.05, 0) is 54.8 Å². The maximum Gasteiger partial charge on any atom is 0.253 e. The smallest absolute Gasteiger partial charge is 0.253 e. The Balaban J connectivity index is 1.49. The lowest BCUT2D eigenvalue weighted by atomic mass is 10.1. The summed E-state index contributed by atoms with van der Waals surface area (Å²) in [5.74, 6) is 1.31. The third-order valence-electron chi connectivity index (χ3n) is 5.79. The summed E-state index contributed by atoms with van der Waals surface area (Å²) >= 11 is 6.11. The van der Waals surface area contributed by atoms with Gasteiger partial charge >= 0.3 is 0 Å². The van der Waals surface area contributed by atoms with Gasteiger partial charge in [-0.25, -0.2) is 0 Å². The van der Waals surface area contributed by atoms with Gasteiger partial charge in [-0.3, -0.25) is 4.79 Å². The fraction of sp³-hybridized carbons (Fsp3) is 0.148. The molecule has 166 valence electrons. The monoisotopic (exact) mass is 458 g/mol. The summed E-state index contributed by atoms with van der Waals surface area (Å²) in [5, 5.41) is 3.73. The lowest BCUT2D eigenvalue weighted by molar-refractivity contribution is 0.0953. The summed E-state index contributed by atoms with van der Waals surface area (Å²) in [6.45, 7) is 2.73. The summed E-state index contributed by atoms with van der Waals surface area (Å²) < 4.78 is 13.1. The van der Waals surface area contributed by atoms with Gasteiger partial charge in [0.2, 0.25) is 6.79 Å². The van der Waals surface area contributed by atoms with Crippen LogP contribution in [-0.2, 0) is 6.42 Å². The molecule has 3 aromatic carbocycles. The number of rotatable bonds is 6. The number of hydrogen-bond acceptors (Lipinski definition) is 3. The van der Waals surface area contributed by atoms with Gasteiger partial charge in [-0.15, -0.1) is 0 Å². The van der Waals surface area contributed by atoms with Crippen LogP contribution in [0, 0.1) is 6.92 Å². The molecule has 0 saturated carbocycles. The van der Waals surface area contributed by atoms with Crippen LogP contribution in [0.25, 0.3) is 16.9 Å². The number of aromatic nitrogens is 1. The third kappa shape index (κ3) is 4.32. The molecule has 33 heavy (non-hydrogen) atoms. The zero-order valence-electron chi connectivity index (χ0n) is 18.2. The first kappa shape index (κ1) is 21.2. The molecular weight excluding hydrogens is 436 g/mol. The van der Waals surface area contributed by atoms with E-state index in [4.69, 9.17) is 21.1 Å². The second kappa shape index (κ2) is 9.04. The number of carbonyl (C=O) groups is 1. The topological polar surface area (TPSA) is 52.5 Å². The quantitative estimate of drug-likeness (QED) is 0.397. The zero-order chi connectivity index (χ0) is 22.8. The minimum Gasteiger partial charge on any atom is -0.454 e. The normalized spacial score (nSPS) is 12.1. The molecule has 0 spiro atoms. The Kier molecular flexibility index (Phi) is 5.80. The van der Waals surface area contributed by atoms with Crippen molar-refractivity contribution in [2.24, 2.45) is 0 Å². The lowest BCUT2D eigenvalue weighted by Crippen LogP contribution is -2.26. The molecule has 0 fully saturated rings. The van der Waals surface area contributed by atoms with Crippen molar-refractivity contribution >= 4 is 17.5 Å². The predicted molar refractivity (Wildman–Crippen MR) is 130 cm³/mol. The molecule has 0 saturated heterocycles. The van der Waals surface area contributed by atoms with Gasteiger partial charge in [-0.2, -0.15) is 0 Å². The highest BCUT2D eigenvalue weighted by Crippen LogP contribution is 2.37. The molecule has 1 aromatic heterocycles. The molecule has 0 bridgehead atoms. The van der Waals surface area contributed by atoms with Crippen molar-refractivity contribution < 1.29 is 14.3 Å². The fourth-order valence-electron chi connectivity index (χ4n) is 4.09. The second-order valence-corrected chi connectivity index (χ2v) is 8.34. The van der Waals surface area contributed by atoms with Gasteiger partial charge < -0.3 is 19.4 Å². The molecule has 5 nitrogen and oxygen atoms in total. The van der Waals surface area contributed by atoms with Crippen LogP contribution in [0.3, 0.4) is 0 Å². The summed E-state index contributed by atoms with van der Waals surface area (Å²) in [7, 11) is 0. The number of ether oxygens (including phenoxy) is 2. The number of halogens is 1. The van der Waals surface area contributed by atoms with Gasteiger partial charge in [-0.1, -0.05) is 54.1 Å². The van der Waals surface area contributed by atoms with Crippen molar-refractivity contribution in [1.29, 1.82) is 0 Å². The Morgan fingerprint density at radius 2 is 1.73 bits per heavy atom. The number of nitrogens with zero attached hydrogens (tertiary/aromatic N) is 1. The first-order valence-corrected chi connectivity index (χ1v) is 11.2. The summed E-state index contributed by atoms with van der Waals surface area (Å²) in [5.41, 5.74) is 5.42. The van der Waals surface area contributed by atoms with E-state index in [9.17, 15) is 4.79 Å². The average Bonchev–Trinajstić information content (AvgIpc) is 3.44. The number of nitrogens with one attached hydrogen (secondary N) is 1. The maximum atomic E-state index is 13.1. The van der Waals surface area contributed by atoms with Crippen molar-refractivity contribution in [3.8, 4) is 28.4 Å². The highest BCUT2D eigenvalue weighted by atomic mass is 35.5. The molecule has 1 aliphatic heterocycles. The van der Waals surface area contributed by atoms with Crippen molar-refractivity contribution in [1.82, 2.24) is 9.88 Å². The molecule has 0 atom stereocenters. The molecule has 1 aliphatic rings. The first-order valence-electron chi connectivity index (χ1n) is 10.8. The lowest BCUT2D eigenvalue weighted by Gasteiger charge is -2.13. The van der Waals surface area contributed by atoms with E-state index >= 15 is 0 Å². The van der Waals surface area contributed by atoms with Crippen LogP contribution in [0.4, 0.5) is 0 Å². The van der Waals surface area contributed by atoms with Gasteiger partial charge in [0.15, 0.2) is 11.5 Å². The van der Waals surface area contributed by atoms with Crippen LogP contribution in [0.5, 0.6) is 11.5 Å². The Morgan fingerprint density at radius 3 is 2.52 bits per heavy atom. The predicted octanol–water partition coefficient (Wildman–Crippen LogP) is 5.81. The molecule has 1 N–H and O–H groups in total. The SMILES string of the molecule is Cc1c(C(=O)NCCc2ccccc2)cc(-c2ccc(Cl)cc2)n1-c1ccc2c(c1)OCO2. The Hall–Kier alpha value is -3.70. The molecule has 0 radical (unpaired) electrons. The number of fused-ring (bicyclic) bond motifs is 1. The summed E-state index contributed by atoms with van der Waals surface area (Å²) in [4.78, 5) is 13.1.